The third-order valence-corrected chi connectivity index (χ3v) is 22.0. The number of phenolic OH excluding ortho intramolecular Hbond substituents is 36. The summed E-state index contributed by atoms with van der Waals surface area (Å²) in [6.07, 6.45) is 0. The molecule has 1 saturated heterocycles. The van der Waals surface area contributed by atoms with Crippen LogP contribution in [0.2, 0.25) is 0 Å². The van der Waals surface area contributed by atoms with Crippen molar-refractivity contribution >= 4 is 70.3 Å². The molecule has 0 saturated carbocycles. The van der Waals surface area contributed by atoms with E-state index in [9.17, 15) is 184 Å². The van der Waals surface area contributed by atoms with E-state index >= 15 is 57.5 Å². The van der Waals surface area contributed by atoms with Gasteiger partial charge in [0.25, 0.3) is 22.4 Å². The Morgan fingerprint density at radius 2 is 0.326 bits per heavy atom. The Bertz CT molecular complexity index is 7130. The second-order valence-electron chi connectivity index (χ2n) is 30.7. The van der Waals surface area contributed by atoms with Crippen molar-refractivity contribution < 1.29 is 270 Å². The number of phenols is 36. The molecule has 12 aromatic rings. The van der Waals surface area contributed by atoms with Gasteiger partial charge in [-0.05, 0) is 146 Å². The van der Waals surface area contributed by atoms with Gasteiger partial charge in [0.05, 0.1) is 27.8 Å². The number of rotatable bonds is 25. The maximum absolute atomic E-state index is 19.8. The molecule has 0 aliphatic carbocycles. The largest absolute Gasteiger partial charge is 0.504 e. The van der Waals surface area contributed by atoms with Crippen LogP contribution in [0.1, 0.15) is 124 Å². The maximum atomic E-state index is 19.8. The number of aromatic hydroxyl groups is 36. The fourth-order valence-corrected chi connectivity index (χ4v) is 15.4. The van der Waals surface area contributed by atoms with Crippen LogP contribution < -0.4 is 0 Å². The normalized spacial score (nSPS) is 16.9. The van der Waals surface area contributed by atoms with E-state index in [2.05, 4.69) is 0 Å². The van der Waals surface area contributed by atoms with E-state index in [0.29, 0.717) is 0 Å². The molecular formula is C90H60O54. The molecule has 0 bridgehead atoms. The number of hydrogen-bond donors (Lipinski definition) is 36. The second-order valence-corrected chi connectivity index (χ2v) is 30.7. The first-order valence-corrected chi connectivity index (χ1v) is 38.8. The van der Waals surface area contributed by atoms with Gasteiger partial charge < -0.3 is 212 Å². The highest BCUT2D eigenvalue weighted by Gasteiger charge is 3.02. The summed E-state index contributed by atoms with van der Waals surface area (Å²) in [5.74, 6) is -129. The molecule has 0 aromatic heterocycles. The van der Waals surface area contributed by atoms with Crippen LogP contribution in [0, 0.1) is 0 Å². The first-order valence-electron chi connectivity index (χ1n) is 38.8. The zero-order valence-corrected chi connectivity index (χ0v) is 70.3. The zero-order valence-electron chi connectivity index (χ0n) is 70.3. The average Bonchev–Trinajstić information content (AvgIpc) is 0.618. The molecule has 5 atom stereocenters. The topological polar surface area (TPSA) is 989 Å². The van der Waals surface area contributed by atoms with Gasteiger partial charge in [-0.2, -0.15) is 0 Å². The number of esters is 5. The average molecular weight is 2010 g/mol. The fraction of sp³-hybridized carbons (Fsp3) is 0.0667. The number of carbonyl (C=O) groups is 12. The Balaban J connectivity index is 1.62. The predicted octanol–water partition coefficient (Wildman–Crippen LogP) is 4.27. The standard InChI is InChI=1S/C90H60O54/c91-37-1-25(2-38(92)61(37)115)73(127)85(74(128)26-3-39(93)62(116)40(94)4-26,139-80(134)32-15-51(105)68(122)52(106)16-32)86(75(129)27-5-41(95)63(117)42(96)6-27)87(76(130)28-7-43(97)64(118)44(98)8-28,140-81(135)33-17-53(107)69(123)54(108)18-33)88(77(131)29-9-45(99)65(119)46(100)10-29,141-82(136)34-19-55(109)70(124)56(110)20-34)89(78(132)30-11-47(101)66(120)48(102)12-30,142-83(137)35-21-57(111)71(125)58(112)22-35)90(144-86,79(133)31-13-49(103)67(121)50(104)14-31)143-84(138)36-23-59(113)72(126)60(114)24-36/h1-24,91-126H/t86-,87-,88+,89-,90-/m1/s1. The van der Waals surface area contributed by atoms with Crippen LogP contribution in [-0.2, 0) is 28.4 Å². The molecule has 0 radical (unpaired) electrons. The first kappa shape index (κ1) is 99.9. The lowest BCUT2D eigenvalue weighted by Crippen LogP contribution is -3.00. The SMILES string of the molecule is O=C(OC(C(=O)c1cc(O)c(O)c(O)c1)(C(=O)c1cc(O)c(O)c(O)c1)[C@@]1(C(=O)c2cc(O)c(O)c(O)c2)O[C@](OC(=O)c2cc(O)c(O)c(O)c2)(C(=O)c2cc(O)c(O)c(O)c2)[C@@](OC(=O)c2cc(O)c(O)c(O)c2)(C(=O)c2cc(O)c(O)c(O)c2)[C@](OC(=O)c2cc(O)c(O)c(O)c2)(C(=O)c2cc(O)c(O)c(O)c2)[C@@]1(OC(=O)c1cc(O)c(O)c(O)c1)C(=O)c1cc(O)c(O)c(O)c1)c1cc(O)c(O)c(O)c1. The summed E-state index contributed by atoms with van der Waals surface area (Å²) in [6, 6.07) is -11.3. The van der Waals surface area contributed by atoms with Crippen molar-refractivity contribution in [2.75, 3.05) is 0 Å². The minimum atomic E-state index is -7.54. The summed E-state index contributed by atoms with van der Waals surface area (Å²) in [5, 5.41) is 421. The van der Waals surface area contributed by atoms with Crippen LogP contribution in [0.4, 0.5) is 0 Å². The van der Waals surface area contributed by atoms with E-state index in [0.717, 1.165) is 0 Å². The Labute approximate surface area is 790 Å². The van der Waals surface area contributed by atoms with Gasteiger partial charge >= 0.3 is 35.6 Å². The highest BCUT2D eigenvalue weighted by molar-refractivity contribution is 6.35. The number of hydrogen-bond acceptors (Lipinski definition) is 54. The van der Waals surface area contributed by atoms with Crippen molar-refractivity contribution in [1.82, 2.24) is 0 Å². The molecule has 13 rings (SSSR count). The van der Waals surface area contributed by atoms with Gasteiger partial charge in [0.1, 0.15) is 0 Å². The minimum absolute atomic E-state index is 0.307. The molecule has 0 unspecified atom stereocenters. The number of ether oxygens (including phenoxy) is 6. The monoisotopic (exact) mass is 2000 g/mol. The van der Waals surface area contributed by atoms with Gasteiger partial charge in [0.2, 0.25) is 46.1 Å². The molecule has 1 aliphatic rings. The Morgan fingerprint density at radius 3 is 0.549 bits per heavy atom. The molecule has 1 heterocycles. The fourth-order valence-electron chi connectivity index (χ4n) is 15.4. The summed E-state index contributed by atoms with van der Waals surface area (Å²) in [4.78, 5) is 223. The summed E-state index contributed by atoms with van der Waals surface area (Å²) in [5.41, 5.74) is -66.3. The molecule has 1 aliphatic heterocycles. The third kappa shape index (κ3) is 15.2. The van der Waals surface area contributed by atoms with Crippen molar-refractivity contribution in [3.63, 3.8) is 0 Å². The van der Waals surface area contributed by atoms with Crippen LogP contribution in [0.5, 0.6) is 207 Å². The quantitative estimate of drug-likeness (QED) is 0.0125. The second kappa shape index (κ2) is 35.0. The molecule has 54 heteroatoms. The number of ketones is 7. The van der Waals surface area contributed by atoms with E-state index in [-0.39, 0.29) is 36.4 Å². The Hall–Kier alpha value is -21.6. The van der Waals surface area contributed by atoms with E-state index in [1.54, 1.807) is 0 Å². The van der Waals surface area contributed by atoms with Gasteiger partial charge in [-0.15, -0.1) is 0 Å². The number of benzene rings is 12. The van der Waals surface area contributed by atoms with Gasteiger partial charge in [0.15, 0.2) is 207 Å². The van der Waals surface area contributed by atoms with Crippen molar-refractivity contribution in [2.24, 2.45) is 0 Å². The maximum Gasteiger partial charge on any atom is 0.341 e. The lowest BCUT2D eigenvalue weighted by atomic mass is 9.46. The van der Waals surface area contributed by atoms with Crippen molar-refractivity contribution in [2.45, 2.75) is 33.8 Å². The van der Waals surface area contributed by atoms with E-state index in [4.69, 9.17) is 28.4 Å². The lowest BCUT2D eigenvalue weighted by molar-refractivity contribution is -0.397. The van der Waals surface area contributed by atoms with Crippen LogP contribution >= 0.6 is 0 Å². The van der Waals surface area contributed by atoms with Gasteiger partial charge in [-0.25, -0.2) is 24.0 Å². The van der Waals surface area contributed by atoms with Crippen LogP contribution in [-0.4, -0.2) is 288 Å². The number of Topliss-reactive ketones (excluding diaryl/α,β-unsaturated/α-hetero) is 7. The van der Waals surface area contributed by atoms with Gasteiger partial charge in [-0.3, -0.25) is 33.6 Å². The molecular weight excluding hydrogens is 1940 g/mol. The number of carbonyl (C=O) groups excluding carboxylic acids is 12. The smallest absolute Gasteiger partial charge is 0.341 e. The van der Waals surface area contributed by atoms with Crippen LogP contribution in [0.3, 0.4) is 0 Å². The first-order chi connectivity index (χ1) is 67.1. The van der Waals surface area contributed by atoms with Crippen LogP contribution in [0.25, 0.3) is 0 Å². The van der Waals surface area contributed by atoms with Gasteiger partial charge in [-0.1, -0.05) is 0 Å². The molecule has 12 aromatic carbocycles. The molecule has 54 nitrogen and oxygen atoms in total. The van der Waals surface area contributed by atoms with Gasteiger partial charge in [0, 0.05) is 38.9 Å². The summed E-state index contributed by atoms with van der Waals surface area (Å²) in [7, 11) is 0. The van der Waals surface area contributed by atoms with Crippen molar-refractivity contribution in [1.29, 1.82) is 0 Å². The Morgan fingerprint density at radius 1 is 0.174 bits per heavy atom. The summed E-state index contributed by atoms with van der Waals surface area (Å²) >= 11 is 0. The van der Waals surface area contributed by atoms with E-state index < -0.39 is 487 Å². The highest BCUT2D eigenvalue weighted by Crippen LogP contribution is 2.70. The van der Waals surface area contributed by atoms with E-state index in [1.807, 2.05) is 0 Å². The molecule has 36 N–H and O–H groups in total. The molecule has 0 spiro atoms. The lowest BCUT2D eigenvalue weighted by Gasteiger charge is -2.68. The van der Waals surface area contributed by atoms with Crippen molar-refractivity contribution in [3.05, 3.63) is 212 Å². The predicted molar refractivity (Wildman–Crippen MR) is 452 cm³/mol. The third-order valence-electron chi connectivity index (χ3n) is 22.0. The highest BCUT2D eigenvalue weighted by atomic mass is 16.8. The zero-order chi connectivity index (χ0) is 107. The molecule has 1 fully saturated rings. The van der Waals surface area contributed by atoms with Crippen molar-refractivity contribution in [3.8, 4) is 207 Å². The summed E-state index contributed by atoms with van der Waals surface area (Å²) < 4.78 is 38.3. The Kier molecular flexibility index (Phi) is 24.3. The summed E-state index contributed by atoms with van der Waals surface area (Å²) in [6.45, 7) is 0. The molecule has 0 amide bonds. The van der Waals surface area contributed by atoms with E-state index in [1.165, 1.54) is 0 Å². The van der Waals surface area contributed by atoms with Crippen LogP contribution in [0.15, 0.2) is 146 Å². The molecule has 144 heavy (non-hydrogen) atoms. The molecule has 744 valence electrons. The minimum Gasteiger partial charge on any atom is -0.504 e.